The SMILES string of the molecule is CCCCCCCCCCCCN(CC(N)=O)C(=O)CN(CCCCCCCCCCCC)C(=O)CN(CCCCCCCCCCCC)C(=O)CN(CCCCCCCCCCCC)C(=O)CNC(CO)CO. The van der Waals surface area contributed by atoms with Gasteiger partial charge in [0.05, 0.1) is 52.0 Å². The van der Waals surface area contributed by atoms with Crippen molar-refractivity contribution >= 4 is 29.5 Å². The molecule has 436 valence electrons. The first-order valence-electron chi connectivity index (χ1n) is 31.4. The summed E-state index contributed by atoms with van der Waals surface area (Å²) in [5, 5.41) is 22.3. The fraction of sp³-hybridized carbons (Fsp3) is 0.918. The predicted octanol–water partition coefficient (Wildman–Crippen LogP) is 12.4. The smallest absolute Gasteiger partial charge is 0.242 e. The van der Waals surface area contributed by atoms with Gasteiger partial charge in [-0.05, 0) is 25.7 Å². The van der Waals surface area contributed by atoms with Crippen LogP contribution in [0.25, 0.3) is 0 Å². The minimum Gasteiger partial charge on any atom is -0.395 e. The lowest BCUT2D eigenvalue weighted by molar-refractivity contribution is -0.146. The number of carbonyl (C=O) groups is 5. The zero-order valence-electron chi connectivity index (χ0n) is 48.9. The highest BCUT2D eigenvalue weighted by atomic mass is 16.3. The number of aliphatic hydroxyl groups excluding tert-OH is 2. The number of unbranched alkanes of at least 4 members (excludes halogenated alkanes) is 36. The molecule has 74 heavy (non-hydrogen) atoms. The molecule has 0 saturated heterocycles. The van der Waals surface area contributed by atoms with Crippen LogP contribution in [0.1, 0.15) is 285 Å². The van der Waals surface area contributed by atoms with Gasteiger partial charge in [-0.1, -0.05) is 259 Å². The molecule has 0 fully saturated rings. The molecule has 0 heterocycles. The van der Waals surface area contributed by atoms with Crippen LogP contribution in [-0.2, 0) is 24.0 Å². The summed E-state index contributed by atoms with van der Waals surface area (Å²) in [4.78, 5) is 75.7. The summed E-state index contributed by atoms with van der Waals surface area (Å²) in [5.41, 5.74) is 5.70. The van der Waals surface area contributed by atoms with Crippen LogP contribution in [0.5, 0.6) is 0 Å². The van der Waals surface area contributed by atoms with E-state index in [1.165, 1.54) is 159 Å². The van der Waals surface area contributed by atoms with Gasteiger partial charge in [-0.2, -0.15) is 0 Å². The summed E-state index contributed by atoms with van der Waals surface area (Å²) in [7, 11) is 0. The molecule has 0 aliphatic carbocycles. The van der Waals surface area contributed by atoms with E-state index in [1.807, 2.05) is 0 Å². The normalized spacial score (nSPS) is 11.4. The molecular formula is C61H120N6O7. The monoisotopic (exact) mass is 1050 g/mol. The highest BCUT2D eigenvalue weighted by Gasteiger charge is 2.27. The molecule has 0 aromatic heterocycles. The molecule has 0 saturated carbocycles. The number of nitrogens with two attached hydrogens (primary N) is 1. The van der Waals surface area contributed by atoms with Crippen molar-refractivity contribution in [3.63, 3.8) is 0 Å². The van der Waals surface area contributed by atoms with Crippen molar-refractivity contribution in [2.24, 2.45) is 5.73 Å². The van der Waals surface area contributed by atoms with Gasteiger partial charge in [0.25, 0.3) is 0 Å². The van der Waals surface area contributed by atoms with Crippen molar-refractivity contribution in [3.05, 3.63) is 0 Å². The molecule has 0 unspecified atom stereocenters. The summed E-state index contributed by atoms with van der Waals surface area (Å²) < 4.78 is 0. The molecule has 0 radical (unpaired) electrons. The third-order valence-corrected chi connectivity index (χ3v) is 14.8. The molecule has 0 aromatic rings. The highest BCUT2D eigenvalue weighted by molar-refractivity contribution is 5.91. The number of aliphatic hydroxyl groups is 2. The minimum atomic E-state index is -0.655. The number of hydrogen-bond donors (Lipinski definition) is 4. The van der Waals surface area contributed by atoms with Crippen LogP contribution in [0.15, 0.2) is 0 Å². The van der Waals surface area contributed by atoms with Gasteiger partial charge in [0.1, 0.15) is 0 Å². The average molecular weight is 1050 g/mol. The molecule has 13 heteroatoms. The Morgan fingerprint density at radius 3 is 0.743 bits per heavy atom. The first-order chi connectivity index (χ1) is 36.1. The van der Waals surface area contributed by atoms with Crippen molar-refractivity contribution < 1.29 is 34.2 Å². The first kappa shape index (κ1) is 71.2. The fourth-order valence-electron chi connectivity index (χ4n) is 9.84. The second-order valence-electron chi connectivity index (χ2n) is 21.9. The van der Waals surface area contributed by atoms with Crippen molar-refractivity contribution in [2.45, 2.75) is 291 Å². The zero-order valence-corrected chi connectivity index (χ0v) is 48.9. The fourth-order valence-corrected chi connectivity index (χ4v) is 9.84. The second kappa shape index (κ2) is 53.6. The van der Waals surface area contributed by atoms with Gasteiger partial charge in [0, 0.05) is 26.2 Å². The summed E-state index contributed by atoms with van der Waals surface area (Å²) in [6.07, 6.45) is 45.5. The zero-order chi connectivity index (χ0) is 54.5. The van der Waals surface area contributed by atoms with Crippen LogP contribution >= 0.6 is 0 Å². The topological polar surface area (TPSA) is 177 Å². The van der Waals surface area contributed by atoms with E-state index in [0.717, 1.165) is 103 Å². The molecular weight excluding hydrogens is 929 g/mol. The maximum absolute atomic E-state index is 14.6. The largest absolute Gasteiger partial charge is 0.395 e. The molecule has 0 spiro atoms. The first-order valence-corrected chi connectivity index (χ1v) is 31.4. The standard InChI is InChI=1S/C61H120N6O7/c1-5-9-13-17-21-25-29-33-37-41-45-64(50-57(62)70)59(72)52-66(47-43-39-35-31-27-23-19-15-11-7-3)61(74)53-67(48-44-40-36-32-28-24-20-16-12-8-4)60(73)51-65(58(71)49-63-56(54-68)55-69)46-42-38-34-30-26-22-18-14-10-6-2/h56,63,68-69H,5-55H2,1-4H3,(H2,62,70). The van der Waals surface area contributed by atoms with Gasteiger partial charge in [0.15, 0.2) is 0 Å². The van der Waals surface area contributed by atoms with E-state index < -0.39 is 11.9 Å². The molecule has 13 nitrogen and oxygen atoms in total. The van der Waals surface area contributed by atoms with Gasteiger partial charge in [0.2, 0.25) is 29.5 Å². The van der Waals surface area contributed by atoms with Crippen molar-refractivity contribution in [2.75, 3.05) is 72.1 Å². The van der Waals surface area contributed by atoms with E-state index in [-0.39, 0.29) is 69.6 Å². The van der Waals surface area contributed by atoms with Crippen molar-refractivity contribution in [1.82, 2.24) is 24.9 Å². The molecule has 0 atom stereocenters. The van der Waals surface area contributed by atoms with E-state index in [2.05, 4.69) is 33.0 Å². The lowest BCUT2D eigenvalue weighted by Crippen LogP contribution is -2.51. The number of nitrogens with zero attached hydrogens (tertiary/aromatic N) is 4. The summed E-state index contributed by atoms with van der Waals surface area (Å²) in [5.74, 6) is -1.80. The van der Waals surface area contributed by atoms with E-state index in [4.69, 9.17) is 5.73 Å². The summed E-state index contributed by atoms with van der Waals surface area (Å²) in [6, 6.07) is -0.655. The lowest BCUT2D eigenvalue weighted by Gasteiger charge is -2.31. The minimum absolute atomic E-state index is 0.135. The second-order valence-corrected chi connectivity index (χ2v) is 21.9. The average Bonchev–Trinajstić information content (AvgIpc) is 3.39. The Morgan fingerprint density at radius 2 is 0.527 bits per heavy atom. The number of carbonyl (C=O) groups excluding carboxylic acids is 5. The van der Waals surface area contributed by atoms with E-state index in [9.17, 15) is 34.2 Å². The third-order valence-electron chi connectivity index (χ3n) is 14.8. The van der Waals surface area contributed by atoms with E-state index in [1.54, 1.807) is 14.7 Å². The van der Waals surface area contributed by atoms with Crippen molar-refractivity contribution in [3.8, 4) is 0 Å². The maximum atomic E-state index is 14.6. The van der Waals surface area contributed by atoms with E-state index >= 15 is 0 Å². The Bertz CT molecular complexity index is 1320. The van der Waals surface area contributed by atoms with Crippen LogP contribution in [-0.4, -0.2) is 138 Å². The number of rotatable bonds is 57. The number of nitrogens with one attached hydrogen (secondary N) is 1. The Hall–Kier alpha value is -2.77. The summed E-state index contributed by atoms with van der Waals surface area (Å²) in [6.45, 7) is 8.89. The molecule has 0 aliphatic heterocycles. The third kappa shape index (κ3) is 43.3. The van der Waals surface area contributed by atoms with Gasteiger partial charge < -0.3 is 40.9 Å². The Balaban J connectivity index is 6.28. The molecule has 5 N–H and O–H groups in total. The van der Waals surface area contributed by atoms with Crippen LogP contribution in [0.2, 0.25) is 0 Å². The molecule has 0 aliphatic rings. The quantitative estimate of drug-likeness (QED) is 0.0435. The number of primary amides is 1. The van der Waals surface area contributed by atoms with Crippen LogP contribution in [0.4, 0.5) is 0 Å². The van der Waals surface area contributed by atoms with Gasteiger partial charge in [-0.15, -0.1) is 0 Å². The van der Waals surface area contributed by atoms with Gasteiger partial charge >= 0.3 is 0 Å². The predicted molar refractivity (Wildman–Crippen MR) is 309 cm³/mol. The summed E-state index contributed by atoms with van der Waals surface area (Å²) >= 11 is 0. The Kier molecular flexibility index (Phi) is 51.6. The maximum Gasteiger partial charge on any atom is 0.242 e. The molecule has 5 amide bonds. The van der Waals surface area contributed by atoms with Crippen LogP contribution in [0, 0.1) is 0 Å². The van der Waals surface area contributed by atoms with Gasteiger partial charge in [-0.3, -0.25) is 24.0 Å². The number of hydrogen-bond acceptors (Lipinski definition) is 8. The highest BCUT2D eigenvalue weighted by Crippen LogP contribution is 2.16. The molecule has 0 aromatic carbocycles. The Morgan fingerprint density at radius 1 is 0.324 bits per heavy atom. The van der Waals surface area contributed by atoms with E-state index in [0.29, 0.717) is 26.2 Å². The Labute approximate surface area is 455 Å². The van der Waals surface area contributed by atoms with Crippen LogP contribution in [0.3, 0.4) is 0 Å². The van der Waals surface area contributed by atoms with Gasteiger partial charge in [-0.25, -0.2) is 0 Å². The molecule has 0 rings (SSSR count). The van der Waals surface area contributed by atoms with Crippen molar-refractivity contribution in [1.29, 1.82) is 0 Å². The molecule has 0 bridgehead atoms. The van der Waals surface area contributed by atoms with Crippen LogP contribution < -0.4 is 11.1 Å². The number of amides is 5. The lowest BCUT2D eigenvalue weighted by atomic mass is 10.1.